The fraction of sp³-hybridized carbons (Fsp3) is 0.278. The molecule has 0 saturated carbocycles. The molecular formula is C18H19FN2O. The molecule has 0 bridgehead atoms. The second-order valence-corrected chi connectivity index (χ2v) is 5.57. The summed E-state index contributed by atoms with van der Waals surface area (Å²) in [5.74, 6) is 0.504. The molecule has 0 aliphatic rings. The number of aliphatic hydroxyl groups is 1. The summed E-state index contributed by atoms with van der Waals surface area (Å²) in [5.41, 5.74) is 4.73. The number of aryl methyl sites for hydroxylation is 2. The number of benzene rings is 2. The predicted octanol–water partition coefficient (Wildman–Crippen LogP) is 4.12. The van der Waals surface area contributed by atoms with Gasteiger partial charge in [-0.15, -0.1) is 0 Å². The minimum atomic E-state index is -0.343. The van der Waals surface area contributed by atoms with Gasteiger partial charge in [0.05, 0.1) is 17.6 Å². The average molecular weight is 298 g/mol. The van der Waals surface area contributed by atoms with Crippen molar-refractivity contribution in [3.8, 4) is 11.1 Å². The molecule has 0 aliphatic carbocycles. The summed E-state index contributed by atoms with van der Waals surface area (Å²) in [6, 6.07) is 9.30. The third kappa shape index (κ3) is 2.62. The van der Waals surface area contributed by atoms with E-state index in [9.17, 15) is 9.50 Å². The highest BCUT2D eigenvalue weighted by molar-refractivity contribution is 5.83. The summed E-state index contributed by atoms with van der Waals surface area (Å²) >= 11 is 0. The molecule has 22 heavy (non-hydrogen) atoms. The zero-order chi connectivity index (χ0) is 15.7. The van der Waals surface area contributed by atoms with Crippen LogP contribution in [0.3, 0.4) is 0 Å². The zero-order valence-corrected chi connectivity index (χ0v) is 12.8. The zero-order valence-electron chi connectivity index (χ0n) is 12.8. The number of imidazole rings is 1. The van der Waals surface area contributed by atoms with Crippen LogP contribution in [0, 0.1) is 12.7 Å². The molecule has 0 aliphatic heterocycles. The Morgan fingerprint density at radius 2 is 2.05 bits per heavy atom. The Hall–Kier alpha value is -2.20. The van der Waals surface area contributed by atoms with Gasteiger partial charge in [-0.3, -0.25) is 0 Å². The standard InChI is InChI=1S/C18H19FN2O/c1-3-4-12-7-14(15(10-22)16(19)8-12)13-5-6-17-18(9-13)21-11(2)20-17/h5-9,22H,3-4,10H2,1-2H3,(H,20,21). The second-order valence-electron chi connectivity index (χ2n) is 5.57. The molecule has 3 aromatic rings. The molecular weight excluding hydrogens is 279 g/mol. The molecule has 3 rings (SSSR count). The van der Waals surface area contributed by atoms with Crippen molar-refractivity contribution in [3.05, 3.63) is 53.1 Å². The lowest BCUT2D eigenvalue weighted by molar-refractivity contribution is 0.276. The van der Waals surface area contributed by atoms with E-state index in [4.69, 9.17) is 0 Å². The van der Waals surface area contributed by atoms with Gasteiger partial charge in [0.1, 0.15) is 11.6 Å². The summed E-state index contributed by atoms with van der Waals surface area (Å²) in [7, 11) is 0. The molecule has 1 aromatic heterocycles. The van der Waals surface area contributed by atoms with Crippen LogP contribution in [0.25, 0.3) is 22.2 Å². The van der Waals surface area contributed by atoms with Crippen molar-refractivity contribution in [2.24, 2.45) is 0 Å². The van der Waals surface area contributed by atoms with E-state index in [2.05, 4.69) is 16.9 Å². The molecule has 0 atom stereocenters. The molecule has 0 radical (unpaired) electrons. The van der Waals surface area contributed by atoms with Gasteiger partial charge in [0.2, 0.25) is 0 Å². The van der Waals surface area contributed by atoms with E-state index in [-0.39, 0.29) is 12.4 Å². The number of H-pyrrole nitrogens is 1. The van der Waals surface area contributed by atoms with E-state index in [0.717, 1.165) is 46.4 Å². The summed E-state index contributed by atoms with van der Waals surface area (Å²) in [6.45, 7) is 3.66. The summed E-state index contributed by atoms with van der Waals surface area (Å²) in [4.78, 5) is 7.57. The maximum atomic E-state index is 14.3. The number of nitrogens with zero attached hydrogens (tertiary/aromatic N) is 1. The third-order valence-corrected chi connectivity index (χ3v) is 3.86. The van der Waals surface area contributed by atoms with Crippen LogP contribution in [0.4, 0.5) is 4.39 Å². The van der Waals surface area contributed by atoms with Crippen molar-refractivity contribution in [1.82, 2.24) is 9.97 Å². The van der Waals surface area contributed by atoms with Crippen LogP contribution in [0.2, 0.25) is 0 Å². The molecule has 0 spiro atoms. The Morgan fingerprint density at radius 3 is 2.77 bits per heavy atom. The van der Waals surface area contributed by atoms with Crippen molar-refractivity contribution in [3.63, 3.8) is 0 Å². The Morgan fingerprint density at radius 1 is 1.23 bits per heavy atom. The lowest BCUT2D eigenvalue weighted by atomic mass is 9.95. The van der Waals surface area contributed by atoms with Gasteiger partial charge in [-0.2, -0.15) is 0 Å². The van der Waals surface area contributed by atoms with Crippen LogP contribution in [0.15, 0.2) is 30.3 Å². The van der Waals surface area contributed by atoms with Crippen molar-refractivity contribution >= 4 is 11.0 Å². The quantitative estimate of drug-likeness (QED) is 0.761. The number of rotatable bonds is 4. The summed E-state index contributed by atoms with van der Waals surface area (Å²) < 4.78 is 14.3. The van der Waals surface area contributed by atoms with Gasteiger partial charge in [0.15, 0.2) is 0 Å². The topological polar surface area (TPSA) is 48.9 Å². The van der Waals surface area contributed by atoms with Gasteiger partial charge >= 0.3 is 0 Å². The first-order valence-corrected chi connectivity index (χ1v) is 7.51. The van der Waals surface area contributed by atoms with Crippen molar-refractivity contribution < 1.29 is 9.50 Å². The smallest absolute Gasteiger partial charge is 0.129 e. The fourth-order valence-corrected chi connectivity index (χ4v) is 2.85. The van der Waals surface area contributed by atoms with Crippen molar-refractivity contribution in [1.29, 1.82) is 0 Å². The average Bonchev–Trinajstić information content (AvgIpc) is 2.86. The number of hydrogen-bond acceptors (Lipinski definition) is 2. The van der Waals surface area contributed by atoms with Crippen molar-refractivity contribution in [2.45, 2.75) is 33.3 Å². The number of hydrogen-bond donors (Lipinski definition) is 2. The maximum absolute atomic E-state index is 14.3. The van der Waals surface area contributed by atoms with Crippen molar-refractivity contribution in [2.75, 3.05) is 0 Å². The second kappa shape index (κ2) is 5.89. The predicted molar refractivity (Wildman–Crippen MR) is 86.1 cm³/mol. The molecule has 0 saturated heterocycles. The van der Waals surface area contributed by atoms with E-state index in [1.165, 1.54) is 6.07 Å². The first-order chi connectivity index (χ1) is 10.6. The van der Waals surface area contributed by atoms with E-state index in [1.54, 1.807) is 0 Å². The molecule has 0 unspecified atom stereocenters. The number of aromatic amines is 1. The first-order valence-electron chi connectivity index (χ1n) is 7.51. The molecule has 0 amide bonds. The maximum Gasteiger partial charge on any atom is 0.129 e. The minimum absolute atomic E-state index is 0.312. The Bertz CT molecular complexity index is 823. The Labute approximate surface area is 128 Å². The normalized spacial score (nSPS) is 11.3. The highest BCUT2D eigenvalue weighted by Gasteiger charge is 2.13. The number of aliphatic hydroxyl groups excluding tert-OH is 1. The van der Waals surface area contributed by atoms with Crippen LogP contribution >= 0.6 is 0 Å². The van der Waals surface area contributed by atoms with Gasteiger partial charge in [-0.25, -0.2) is 9.37 Å². The SMILES string of the molecule is CCCc1cc(F)c(CO)c(-c2ccc3nc(C)[nH]c3c2)c1. The van der Waals surface area contributed by atoms with Crippen LogP contribution in [-0.2, 0) is 13.0 Å². The minimum Gasteiger partial charge on any atom is -0.392 e. The fourth-order valence-electron chi connectivity index (χ4n) is 2.85. The number of halogens is 1. The van der Waals surface area contributed by atoms with Gasteiger partial charge in [0, 0.05) is 5.56 Å². The van der Waals surface area contributed by atoms with Crippen LogP contribution < -0.4 is 0 Å². The van der Waals surface area contributed by atoms with E-state index < -0.39 is 0 Å². The molecule has 4 heteroatoms. The molecule has 0 fully saturated rings. The largest absolute Gasteiger partial charge is 0.392 e. The summed E-state index contributed by atoms with van der Waals surface area (Å²) in [6.07, 6.45) is 1.77. The Kier molecular flexibility index (Phi) is 3.94. The van der Waals surface area contributed by atoms with E-state index >= 15 is 0 Å². The third-order valence-electron chi connectivity index (χ3n) is 3.86. The highest BCUT2D eigenvalue weighted by Crippen LogP contribution is 2.30. The molecule has 2 N–H and O–H groups in total. The van der Waals surface area contributed by atoms with Crippen LogP contribution in [0.5, 0.6) is 0 Å². The Balaban J connectivity index is 2.18. The van der Waals surface area contributed by atoms with Crippen LogP contribution in [0.1, 0.15) is 30.3 Å². The van der Waals surface area contributed by atoms with Gasteiger partial charge in [-0.1, -0.05) is 25.5 Å². The van der Waals surface area contributed by atoms with E-state index in [1.807, 2.05) is 31.2 Å². The van der Waals surface area contributed by atoms with E-state index in [0.29, 0.717) is 5.56 Å². The first kappa shape index (κ1) is 14.7. The van der Waals surface area contributed by atoms with Gasteiger partial charge < -0.3 is 10.1 Å². The lowest BCUT2D eigenvalue weighted by Gasteiger charge is -2.12. The molecule has 3 nitrogen and oxygen atoms in total. The van der Waals surface area contributed by atoms with Gasteiger partial charge in [-0.05, 0) is 48.2 Å². The monoisotopic (exact) mass is 298 g/mol. The van der Waals surface area contributed by atoms with Gasteiger partial charge in [0.25, 0.3) is 0 Å². The highest BCUT2D eigenvalue weighted by atomic mass is 19.1. The number of nitrogens with one attached hydrogen (secondary N) is 1. The molecule has 1 heterocycles. The van der Waals surface area contributed by atoms with Crippen LogP contribution in [-0.4, -0.2) is 15.1 Å². The number of aromatic nitrogens is 2. The lowest BCUT2D eigenvalue weighted by Crippen LogP contribution is -1.98. The molecule has 114 valence electrons. The summed E-state index contributed by atoms with van der Waals surface area (Å²) in [5, 5.41) is 9.54. The molecule has 2 aromatic carbocycles. The number of fused-ring (bicyclic) bond motifs is 1.